The van der Waals surface area contributed by atoms with Gasteiger partial charge in [-0.15, -0.1) is 0 Å². The zero-order valence-corrected chi connectivity index (χ0v) is 9.45. The maximum absolute atomic E-state index is 11.6. The highest BCUT2D eigenvalue weighted by Gasteiger charge is 2.24. The molecule has 1 unspecified atom stereocenters. The van der Waals surface area contributed by atoms with Gasteiger partial charge in [0, 0.05) is 13.1 Å². The molecule has 1 heterocycles. The molecule has 1 fully saturated rings. The first-order valence-electron chi connectivity index (χ1n) is 5.52. The number of carbonyl (C=O) groups excluding carboxylic acids is 1. The van der Waals surface area contributed by atoms with Crippen LogP contribution in [0.1, 0.15) is 33.6 Å². The van der Waals surface area contributed by atoms with Crippen LogP contribution in [0.15, 0.2) is 0 Å². The lowest BCUT2D eigenvalue weighted by Crippen LogP contribution is -2.32. The van der Waals surface area contributed by atoms with Crippen molar-refractivity contribution >= 4 is 5.91 Å². The van der Waals surface area contributed by atoms with Crippen LogP contribution >= 0.6 is 0 Å². The van der Waals surface area contributed by atoms with E-state index < -0.39 is 0 Å². The minimum absolute atomic E-state index is 0.142. The Morgan fingerprint density at radius 1 is 1.57 bits per heavy atom. The molecule has 0 N–H and O–H groups in total. The summed E-state index contributed by atoms with van der Waals surface area (Å²) >= 11 is 0. The number of rotatable bonds is 4. The SMILES string of the molecule is CCC1CCN(C(=O)COC(C)C)C1. The molecule has 1 aliphatic heterocycles. The Morgan fingerprint density at radius 2 is 2.29 bits per heavy atom. The molecule has 0 aliphatic carbocycles. The molecule has 0 saturated carbocycles. The first-order valence-corrected chi connectivity index (χ1v) is 5.52. The molecule has 0 radical (unpaired) electrons. The molecule has 3 nitrogen and oxygen atoms in total. The molecule has 82 valence electrons. The van der Waals surface area contributed by atoms with Gasteiger partial charge in [-0.05, 0) is 26.2 Å². The van der Waals surface area contributed by atoms with Crippen LogP contribution in [0, 0.1) is 5.92 Å². The third kappa shape index (κ3) is 3.29. The van der Waals surface area contributed by atoms with Crippen molar-refractivity contribution in [3.8, 4) is 0 Å². The lowest BCUT2D eigenvalue weighted by Gasteiger charge is -2.17. The summed E-state index contributed by atoms with van der Waals surface area (Å²) in [5.41, 5.74) is 0. The van der Waals surface area contributed by atoms with Crippen molar-refractivity contribution in [1.29, 1.82) is 0 Å². The smallest absolute Gasteiger partial charge is 0.248 e. The Kier molecular flexibility index (Phi) is 4.39. The van der Waals surface area contributed by atoms with E-state index in [0.29, 0.717) is 5.92 Å². The second-order valence-corrected chi connectivity index (χ2v) is 4.26. The summed E-state index contributed by atoms with van der Waals surface area (Å²) in [7, 11) is 0. The number of ether oxygens (including phenoxy) is 1. The molecule has 3 heteroatoms. The minimum Gasteiger partial charge on any atom is -0.369 e. The van der Waals surface area contributed by atoms with Crippen LogP contribution in [0.25, 0.3) is 0 Å². The van der Waals surface area contributed by atoms with E-state index in [-0.39, 0.29) is 18.6 Å². The average Bonchev–Trinajstić information content (AvgIpc) is 2.62. The second-order valence-electron chi connectivity index (χ2n) is 4.26. The Hall–Kier alpha value is -0.570. The summed E-state index contributed by atoms with van der Waals surface area (Å²) in [6.07, 6.45) is 2.47. The van der Waals surface area contributed by atoms with Gasteiger partial charge in [0.1, 0.15) is 6.61 Å². The molecule has 0 aromatic rings. The van der Waals surface area contributed by atoms with Gasteiger partial charge in [0.05, 0.1) is 6.10 Å². The fraction of sp³-hybridized carbons (Fsp3) is 0.909. The van der Waals surface area contributed by atoms with E-state index in [1.807, 2.05) is 18.7 Å². The number of hydrogen-bond acceptors (Lipinski definition) is 2. The summed E-state index contributed by atoms with van der Waals surface area (Å²) < 4.78 is 5.29. The lowest BCUT2D eigenvalue weighted by molar-refractivity contribution is -0.136. The van der Waals surface area contributed by atoms with Crippen LogP contribution in [0.4, 0.5) is 0 Å². The van der Waals surface area contributed by atoms with Crippen LogP contribution in [-0.4, -0.2) is 36.6 Å². The number of nitrogens with zero attached hydrogens (tertiary/aromatic N) is 1. The summed E-state index contributed by atoms with van der Waals surface area (Å²) in [4.78, 5) is 13.5. The molecule has 0 aromatic heterocycles. The number of carbonyl (C=O) groups is 1. The quantitative estimate of drug-likeness (QED) is 0.689. The molecular weight excluding hydrogens is 178 g/mol. The van der Waals surface area contributed by atoms with Crippen LogP contribution in [0.5, 0.6) is 0 Å². The highest BCUT2D eigenvalue weighted by atomic mass is 16.5. The number of hydrogen-bond donors (Lipinski definition) is 0. The molecule has 0 aromatic carbocycles. The van der Waals surface area contributed by atoms with Crippen molar-refractivity contribution in [2.45, 2.75) is 39.7 Å². The van der Waals surface area contributed by atoms with Crippen LogP contribution in [0.2, 0.25) is 0 Å². The molecule has 14 heavy (non-hydrogen) atoms. The first kappa shape index (κ1) is 11.5. The van der Waals surface area contributed by atoms with E-state index in [1.54, 1.807) is 0 Å². The summed E-state index contributed by atoms with van der Waals surface area (Å²) in [6.45, 7) is 8.17. The predicted octanol–water partition coefficient (Wildman–Crippen LogP) is 1.67. The topological polar surface area (TPSA) is 29.5 Å². The summed E-state index contributed by atoms with van der Waals surface area (Å²) in [5, 5.41) is 0. The van der Waals surface area contributed by atoms with Crippen LogP contribution in [0.3, 0.4) is 0 Å². The molecule has 1 aliphatic rings. The third-order valence-corrected chi connectivity index (χ3v) is 2.76. The van der Waals surface area contributed by atoms with Crippen molar-refractivity contribution in [1.82, 2.24) is 4.90 Å². The summed E-state index contributed by atoms with van der Waals surface area (Å²) in [5.74, 6) is 0.854. The van der Waals surface area contributed by atoms with Gasteiger partial charge in [-0.1, -0.05) is 13.3 Å². The van der Waals surface area contributed by atoms with Gasteiger partial charge in [-0.3, -0.25) is 4.79 Å². The first-order chi connectivity index (χ1) is 6.63. The predicted molar refractivity (Wildman–Crippen MR) is 56.1 cm³/mol. The fourth-order valence-corrected chi connectivity index (χ4v) is 1.72. The fourth-order valence-electron chi connectivity index (χ4n) is 1.72. The van der Waals surface area contributed by atoms with E-state index in [0.717, 1.165) is 19.5 Å². The molecule has 0 spiro atoms. The van der Waals surface area contributed by atoms with E-state index in [1.165, 1.54) is 6.42 Å². The van der Waals surface area contributed by atoms with Crippen LogP contribution < -0.4 is 0 Å². The average molecular weight is 199 g/mol. The molecule has 0 bridgehead atoms. The van der Waals surface area contributed by atoms with Crippen LogP contribution in [-0.2, 0) is 9.53 Å². The van der Waals surface area contributed by atoms with E-state index in [9.17, 15) is 4.79 Å². The van der Waals surface area contributed by atoms with Crippen molar-refractivity contribution in [2.24, 2.45) is 5.92 Å². The van der Waals surface area contributed by atoms with Crippen molar-refractivity contribution in [3.63, 3.8) is 0 Å². The molecule has 1 atom stereocenters. The van der Waals surface area contributed by atoms with E-state index in [2.05, 4.69) is 6.92 Å². The minimum atomic E-state index is 0.142. The standard InChI is InChI=1S/C11H21NO2/c1-4-10-5-6-12(7-10)11(13)8-14-9(2)3/h9-10H,4-8H2,1-3H3. The highest BCUT2D eigenvalue weighted by Crippen LogP contribution is 2.18. The summed E-state index contributed by atoms with van der Waals surface area (Å²) in [6, 6.07) is 0. The van der Waals surface area contributed by atoms with E-state index >= 15 is 0 Å². The Labute approximate surface area is 86.4 Å². The molecule has 1 rings (SSSR count). The third-order valence-electron chi connectivity index (χ3n) is 2.76. The normalized spacial score (nSPS) is 22.0. The van der Waals surface area contributed by atoms with Gasteiger partial charge in [0.2, 0.25) is 5.91 Å². The number of amides is 1. The largest absolute Gasteiger partial charge is 0.369 e. The zero-order valence-electron chi connectivity index (χ0n) is 9.45. The van der Waals surface area contributed by atoms with Crippen molar-refractivity contribution in [3.05, 3.63) is 0 Å². The number of likely N-dealkylation sites (tertiary alicyclic amines) is 1. The Morgan fingerprint density at radius 3 is 2.79 bits per heavy atom. The molecule has 1 amide bonds. The van der Waals surface area contributed by atoms with Gasteiger partial charge in [0.15, 0.2) is 0 Å². The second kappa shape index (κ2) is 5.35. The Balaban J connectivity index is 2.25. The van der Waals surface area contributed by atoms with Gasteiger partial charge in [-0.2, -0.15) is 0 Å². The maximum atomic E-state index is 11.6. The van der Waals surface area contributed by atoms with Crippen molar-refractivity contribution in [2.75, 3.05) is 19.7 Å². The highest BCUT2D eigenvalue weighted by molar-refractivity contribution is 5.77. The Bertz CT molecular complexity index is 192. The van der Waals surface area contributed by atoms with Gasteiger partial charge in [-0.25, -0.2) is 0 Å². The molecular formula is C11H21NO2. The molecule has 1 saturated heterocycles. The maximum Gasteiger partial charge on any atom is 0.248 e. The zero-order chi connectivity index (χ0) is 10.6. The van der Waals surface area contributed by atoms with Crippen molar-refractivity contribution < 1.29 is 9.53 Å². The monoisotopic (exact) mass is 199 g/mol. The van der Waals surface area contributed by atoms with Gasteiger partial charge >= 0.3 is 0 Å². The van der Waals surface area contributed by atoms with E-state index in [4.69, 9.17) is 4.74 Å². The van der Waals surface area contributed by atoms with Gasteiger partial charge < -0.3 is 9.64 Å². The van der Waals surface area contributed by atoms with Gasteiger partial charge in [0.25, 0.3) is 0 Å². The lowest BCUT2D eigenvalue weighted by atomic mass is 10.1.